The fourth-order valence-corrected chi connectivity index (χ4v) is 2.76. The van der Waals surface area contributed by atoms with Gasteiger partial charge in [-0.3, -0.25) is 4.79 Å². The summed E-state index contributed by atoms with van der Waals surface area (Å²) in [6.07, 6.45) is 3.74. The second kappa shape index (κ2) is 3.89. The molecule has 1 amide bonds. The van der Waals surface area contributed by atoms with Gasteiger partial charge in [0.1, 0.15) is 0 Å². The highest BCUT2D eigenvalue weighted by Gasteiger charge is 2.66. The minimum atomic E-state index is 0.0956. The standard InChI is InChI=1S/C9H16N2O.C2H6/c1-7(12)11-6-8-3-9(4-8,5-8)10-2;1-2/h10H,3-6H2,1-2H3,(H,11,12);1-2H3. The quantitative estimate of drug-likeness (QED) is 0.717. The van der Waals surface area contributed by atoms with Crippen molar-refractivity contribution in [1.29, 1.82) is 0 Å². The van der Waals surface area contributed by atoms with Gasteiger partial charge in [-0.2, -0.15) is 0 Å². The summed E-state index contributed by atoms with van der Waals surface area (Å²) in [6, 6.07) is 0. The molecule has 0 aromatic carbocycles. The molecule has 82 valence electrons. The van der Waals surface area contributed by atoms with Crippen molar-refractivity contribution in [3.8, 4) is 0 Å². The average molecular weight is 198 g/mol. The Kier molecular flexibility index (Phi) is 3.20. The SMILES string of the molecule is CC.CNC12CC(CNC(C)=O)(C1)C2. The molecular formula is C11H22N2O. The van der Waals surface area contributed by atoms with Gasteiger partial charge >= 0.3 is 0 Å². The predicted octanol–water partition coefficient (Wildman–Crippen LogP) is 1.29. The molecule has 0 atom stereocenters. The fourth-order valence-electron chi connectivity index (χ4n) is 2.76. The Labute approximate surface area is 86.6 Å². The van der Waals surface area contributed by atoms with Gasteiger partial charge in [-0.15, -0.1) is 0 Å². The first kappa shape index (κ1) is 11.5. The number of carbonyl (C=O) groups is 1. The minimum absolute atomic E-state index is 0.0956. The van der Waals surface area contributed by atoms with E-state index in [4.69, 9.17) is 0 Å². The highest BCUT2D eigenvalue weighted by atomic mass is 16.1. The summed E-state index contributed by atoms with van der Waals surface area (Å²) in [4.78, 5) is 10.7. The van der Waals surface area contributed by atoms with Crippen LogP contribution in [0, 0.1) is 5.41 Å². The predicted molar refractivity (Wildman–Crippen MR) is 58.1 cm³/mol. The van der Waals surface area contributed by atoms with Gasteiger partial charge in [-0.05, 0) is 31.7 Å². The van der Waals surface area contributed by atoms with Gasteiger partial charge in [0.2, 0.25) is 5.91 Å². The molecule has 3 aliphatic rings. The van der Waals surface area contributed by atoms with Crippen LogP contribution in [0.2, 0.25) is 0 Å². The molecule has 0 aliphatic heterocycles. The van der Waals surface area contributed by atoms with Crippen molar-refractivity contribution >= 4 is 5.91 Å². The van der Waals surface area contributed by atoms with Crippen molar-refractivity contribution in [1.82, 2.24) is 10.6 Å². The van der Waals surface area contributed by atoms with Crippen molar-refractivity contribution in [3.05, 3.63) is 0 Å². The highest BCUT2D eigenvalue weighted by Crippen LogP contribution is 2.66. The molecule has 0 spiro atoms. The highest BCUT2D eigenvalue weighted by molar-refractivity contribution is 5.72. The molecule has 3 nitrogen and oxygen atoms in total. The molecule has 2 N–H and O–H groups in total. The number of hydrogen-bond acceptors (Lipinski definition) is 2. The summed E-state index contributed by atoms with van der Waals surface area (Å²) in [5.74, 6) is 0.0956. The van der Waals surface area contributed by atoms with E-state index in [1.54, 1.807) is 6.92 Å². The molecule has 0 saturated heterocycles. The maximum Gasteiger partial charge on any atom is 0.216 e. The topological polar surface area (TPSA) is 41.1 Å². The van der Waals surface area contributed by atoms with Crippen LogP contribution >= 0.6 is 0 Å². The van der Waals surface area contributed by atoms with Crippen LogP contribution in [-0.4, -0.2) is 25.0 Å². The Balaban J connectivity index is 0.000000461. The summed E-state index contributed by atoms with van der Waals surface area (Å²) in [5.41, 5.74) is 0.924. The van der Waals surface area contributed by atoms with Gasteiger partial charge in [0.15, 0.2) is 0 Å². The largest absolute Gasteiger partial charge is 0.356 e. The molecule has 0 aromatic heterocycles. The molecule has 3 rings (SSSR count). The molecular weight excluding hydrogens is 176 g/mol. The van der Waals surface area contributed by atoms with Crippen molar-refractivity contribution < 1.29 is 4.79 Å². The fraction of sp³-hybridized carbons (Fsp3) is 0.909. The maximum absolute atomic E-state index is 10.7. The van der Waals surface area contributed by atoms with Gasteiger partial charge in [-0.1, -0.05) is 13.8 Å². The second-order valence-electron chi connectivity index (χ2n) is 4.47. The lowest BCUT2D eigenvalue weighted by atomic mass is 9.39. The molecule has 0 heterocycles. The number of carbonyl (C=O) groups excluding carboxylic acids is 1. The molecule has 14 heavy (non-hydrogen) atoms. The molecule has 0 unspecified atom stereocenters. The summed E-state index contributed by atoms with van der Waals surface area (Å²) in [6.45, 7) is 6.46. The zero-order chi connectivity index (χ0) is 10.8. The number of rotatable bonds is 3. The van der Waals surface area contributed by atoms with E-state index in [1.165, 1.54) is 19.3 Å². The van der Waals surface area contributed by atoms with Crippen LogP contribution in [0.15, 0.2) is 0 Å². The van der Waals surface area contributed by atoms with Gasteiger partial charge in [-0.25, -0.2) is 0 Å². The van der Waals surface area contributed by atoms with E-state index in [-0.39, 0.29) is 5.91 Å². The molecule has 2 bridgehead atoms. The zero-order valence-electron chi connectivity index (χ0n) is 9.74. The smallest absolute Gasteiger partial charge is 0.216 e. The third-order valence-corrected chi connectivity index (χ3v) is 3.38. The first-order valence-electron chi connectivity index (χ1n) is 5.53. The van der Waals surface area contributed by atoms with E-state index in [0.29, 0.717) is 11.0 Å². The van der Waals surface area contributed by atoms with E-state index < -0.39 is 0 Å². The van der Waals surface area contributed by atoms with Crippen LogP contribution in [-0.2, 0) is 4.79 Å². The van der Waals surface area contributed by atoms with Crippen LogP contribution < -0.4 is 10.6 Å². The van der Waals surface area contributed by atoms with Gasteiger partial charge in [0, 0.05) is 19.0 Å². The first-order valence-corrected chi connectivity index (χ1v) is 5.53. The van der Waals surface area contributed by atoms with Crippen molar-refractivity contribution in [2.75, 3.05) is 13.6 Å². The minimum Gasteiger partial charge on any atom is -0.356 e. The van der Waals surface area contributed by atoms with Crippen LogP contribution in [0.1, 0.15) is 40.0 Å². The monoisotopic (exact) mass is 198 g/mol. The van der Waals surface area contributed by atoms with E-state index in [9.17, 15) is 4.79 Å². The lowest BCUT2D eigenvalue weighted by Gasteiger charge is -2.70. The van der Waals surface area contributed by atoms with E-state index in [2.05, 4.69) is 10.6 Å². The Morgan fingerprint density at radius 1 is 1.29 bits per heavy atom. The Bertz CT molecular complexity index is 206. The van der Waals surface area contributed by atoms with Crippen LogP contribution in [0.25, 0.3) is 0 Å². The zero-order valence-corrected chi connectivity index (χ0v) is 9.74. The second-order valence-corrected chi connectivity index (χ2v) is 4.47. The molecule has 3 heteroatoms. The number of amides is 1. The lowest BCUT2D eigenvalue weighted by molar-refractivity contribution is -0.151. The Morgan fingerprint density at radius 2 is 1.79 bits per heavy atom. The Hall–Kier alpha value is -0.570. The van der Waals surface area contributed by atoms with Gasteiger partial charge in [0.25, 0.3) is 0 Å². The molecule has 3 saturated carbocycles. The van der Waals surface area contributed by atoms with Crippen molar-refractivity contribution in [2.24, 2.45) is 5.41 Å². The average Bonchev–Trinajstić information content (AvgIpc) is 2.03. The van der Waals surface area contributed by atoms with E-state index in [1.807, 2.05) is 20.9 Å². The van der Waals surface area contributed by atoms with E-state index >= 15 is 0 Å². The lowest BCUT2D eigenvalue weighted by Crippen LogP contribution is -2.75. The molecule has 0 aromatic rings. The summed E-state index contributed by atoms with van der Waals surface area (Å²) >= 11 is 0. The maximum atomic E-state index is 10.7. The summed E-state index contributed by atoms with van der Waals surface area (Å²) in [5, 5.41) is 6.24. The molecule has 0 radical (unpaired) electrons. The van der Waals surface area contributed by atoms with E-state index in [0.717, 1.165) is 6.54 Å². The number of nitrogens with one attached hydrogen (secondary N) is 2. The molecule has 3 aliphatic carbocycles. The van der Waals surface area contributed by atoms with Crippen molar-refractivity contribution in [3.63, 3.8) is 0 Å². The van der Waals surface area contributed by atoms with Gasteiger partial charge in [0.05, 0.1) is 0 Å². The summed E-state index contributed by atoms with van der Waals surface area (Å²) in [7, 11) is 2.03. The third kappa shape index (κ3) is 1.78. The van der Waals surface area contributed by atoms with Gasteiger partial charge < -0.3 is 10.6 Å². The first-order chi connectivity index (χ1) is 6.60. The van der Waals surface area contributed by atoms with Crippen LogP contribution in [0.4, 0.5) is 0 Å². The number of hydrogen-bond donors (Lipinski definition) is 2. The Morgan fingerprint density at radius 3 is 2.14 bits per heavy atom. The summed E-state index contributed by atoms with van der Waals surface area (Å²) < 4.78 is 0. The van der Waals surface area contributed by atoms with Crippen LogP contribution in [0.5, 0.6) is 0 Å². The van der Waals surface area contributed by atoms with Crippen molar-refractivity contribution in [2.45, 2.75) is 45.6 Å². The third-order valence-electron chi connectivity index (χ3n) is 3.38. The molecule has 3 fully saturated rings. The van der Waals surface area contributed by atoms with Crippen LogP contribution in [0.3, 0.4) is 0 Å². The normalized spacial score (nSPS) is 37.1.